The van der Waals surface area contributed by atoms with Crippen molar-refractivity contribution < 1.29 is 14.7 Å². The third kappa shape index (κ3) is 4.70. The van der Waals surface area contributed by atoms with Crippen molar-refractivity contribution in [3.05, 3.63) is 0 Å². The normalized spacial score (nSPS) is 26.0. The van der Waals surface area contributed by atoms with Gasteiger partial charge in [0.15, 0.2) is 0 Å². The van der Waals surface area contributed by atoms with E-state index in [0.717, 1.165) is 0 Å². The standard InChI is InChI=1S/C13H25N3O3/c1-9(5-12(17)18)6-14-13(19)16-7-10(2)15(4)11(3)8-16/h9-11H,5-8H2,1-4H3,(H,14,19)(H,17,18). The summed E-state index contributed by atoms with van der Waals surface area (Å²) >= 11 is 0. The van der Waals surface area contributed by atoms with Crippen LogP contribution in [-0.2, 0) is 4.79 Å². The predicted molar refractivity (Wildman–Crippen MR) is 73.1 cm³/mol. The van der Waals surface area contributed by atoms with Crippen LogP contribution in [0.2, 0.25) is 0 Å². The van der Waals surface area contributed by atoms with E-state index in [9.17, 15) is 9.59 Å². The van der Waals surface area contributed by atoms with Gasteiger partial charge < -0.3 is 15.3 Å². The number of carbonyl (C=O) groups excluding carboxylic acids is 1. The van der Waals surface area contributed by atoms with Crippen LogP contribution < -0.4 is 5.32 Å². The lowest BCUT2D eigenvalue weighted by atomic mass is 10.1. The lowest BCUT2D eigenvalue weighted by Gasteiger charge is -2.42. The van der Waals surface area contributed by atoms with Crippen LogP contribution in [0.1, 0.15) is 27.2 Å². The highest BCUT2D eigenvalue weighted by atomic mass is 16.4. The molecule has 0 spiro atoms. The zero-order valence-corrected chi connectivity index (χ0v) is 12.2. The highest BCUT2D eigenvalue weighted by molar-refractivity contribution is 5.74. The first-order valence-electron chi connectivity index (χ1n) is 6.77. The second-order valence-electron chi connectivity index (χ2n) is 5.66. The lowest BCUT2D eigenvalue weighted by molar-refractivity contribution is -0.137. The van der Waals surface area contributed by atoms with Crippen molar-refractivity contribution in [1.29, 1.82) is 0 Å². The summed E-state index contributed by atoms with van der Waals surface area (Å²) in [5.41, 5.74) is 0. The number of carbonyl (C=O) groups is 2. The van der Waals surface area contributed by atoms with Gasteiger partial charge in [-0.1, -0.05) is 6.92 Å². The molecule has 1 heterocycles. The smallest absolute Gasteiger partial charge is 0.317 e. The number of amides is 2. The molecule has 1 rings (SSSR count). The third-order valence-electron chi connectivity index (χ3n) is 3.77. The van der Waals surface area contributed by atoms with Gasteiger partial charge in [0.25, 0.3) is 0 Å². The minimum Gasteiger partial charge on any atom is -0.481 e. The number of nitrogens with one attached hydrogen (secondary N) is 1. The zero-order valence-electron chi connectivity index (χ0n) is 12.2. The molecule has 3 atom stereocenters. The molecule has 110 valence electrons. The molecule has 0 aromatic heterocycles. The summed E-state index contributed by atoms with van der Waals surface area (Å²) in [5.74, 6) is -0.882. The number of carboxylic acid groups (broad SMARTS) is 1. The summed E-state index contributed by atoms with van der Waals surface area (Å²) in [6, 6.07) is 0.584. The minimum atomic E-state index is -0.830. The van der Waals surface area contributed by atoms with Crippen molar-refractivity contribution in [2.75, 3.05) is 26.7 Å². The fourth-order valence-electron chi connectivity index (χ4n) is 2.31. The Kier molecular flexibility index (Phi) is 5.60. The maximum Gasteiger partial charge on any atom is 0.317 e. The van der Waals surface area contributed by atoms with Gasteiger partial charge in [-0.15, -0.1) is 0 Å². The Morgan fingerprint density at radius 3 is 2.32 bits per heavy atom. The molecule has 1 aliphatic rings. The molecule has 2 N–H and O–H groups in total. The number of likely N-dealkylation sites (N-methyl/N-ethyl adjacent to an activating group) is 1. The number of nitrogens with zero attached hydrogens (tertiary/aromatic N) is 2. The average molecular weight is 271 g/mol. The van der Waals surface area contributed by atoms with Crippen molar-refractivity contribution in [2.24, 2.45) is 5.92 Å². The summed E-state index contributed by atoms with van der Waals surface area (Å²) < 4.78 is 0. The largest absolute Gasteiger partial charge is 0.481 e. The van der Waals surface area contributed by atoms with Crippen molar-refractivity contribution in [3.63, 3.8) is 0 Å². The van der Waals surface area contributed by atoms with Gasteiger partial charge in [-0.2, -0.15) is 0 Å². The van der Waals surface area contributed by atoms with Crippen LogP contribution in [0.15, 0.2) is 0 Å². The van der Waals surface area contributed by atoms with Gasteiger partial charge in [0.2, 0.25) is 0 Å². The fourth-order valence-corrected chi connectivity index (χ4v) is 2.31. The maximum absolute atomic E-state index is 12.0. The molecule has 19 heavy (non-hydrogen) atoms. The Bertz CT molecular complexity index is 323. The highest BCUT2D eigenvalue weighted by Gasteiger charge is 2.29. The average Bonchev–Trinajstić information content (AvgIpc) is 2.31. The van der Waals surface area contributed by atoms with E-state index in [1.54, 1.807) is 0 Å². The molecule has 6 nitrogen and oxygen atoms in total. The molecule has 6 heteroatoms. The number of rotatable bonds is 4. The molecular weight excluding hydrogens is 246 g/mol. The van der Waals surface area contributed by atoms with E-state index in [-0.39, 0.29) is 18.4 Å². The first-order valence-corrected chi connectivity index (χ1v) is 6.77. The van der Waals surface area contributed by atoms with Crippen LogP contribution >= 0.6 is 0 Å². The number of hydrogen-bond donors (Lipinski definition) is 2. The van der Waals surface area contributed by atoms with Crippen molar-refractivity contribution >= 4 is 12.0 Å². The van der Waals surface area contributed by atoms with E-state index in [1.807, 2.05) is 11.8 Å². The number of piperazine rings is 1. The first kappa shape index (κ1) is 15.8. The molecule has 0 saturated carbocycles. The Hall–Kier alpha value is -1.30. The summed E-state index contributed by atoms with van der Waals surface area (Å²) in [5, 5.41) is 11.5. The molecule has 1 saturated heterocycles. The molecule has 0 aromatic carbocycles. The topological polar surface area (TPSA) is 72.9 Å². The van der Waals surface area contributed by atoms with Crippen LogP contribution in [0, 0.1) is 5.92 Å². The summed E-state index contributed by atoms with van der Waals surface area (Å²) in [6.45, 7) is 7.84. The minimum absolute atomic E-state index is 0.0521. The number of aliphatic carboxylic acids is 1. The first-order chi connectivity index (χ1) is 8.81. The molecular formula is C13H25N3O3. The predicted octanol–water partition coefficient (Wildman–Crippen LogP) is 0.831. The van der Waals surface area contributed by atoms with Gasteiger partial charge in [0.05, 0.1) is 0 Å². The Balaban J connectivity index is 2.39. The maximum atomic E-state index is 12.0. The SMILES string of the molecule is CC(CNC(=O)N1CC(C)N(C)C(C)C1)CC(=O)O. The second kappa shape index (κ2) is 6.75. The second-order valence-corrected chi connectivity index (χ2v) is 5.66. The molecule has 0 radical (unpaired) electrons. The van der Waals surface area contributed by atoms with E-state index in [2.05, 4.69) is 31.1 Å². The van der Waals surface area contributed by atoms with Gasteiger partial charge in [-0.05, 0) is 26.8 Å². The molecule has 0 aromatic rings. The van der Waals surface area contributed by atoms with Crippen LogP contribution in [0.4, 0.5) is 4.79 Å². The Morgan fingerprint density at radius 2 is 1.84 bits per heavy atom. The van der Waals surface area contributed by atoms with Crippen LogP contribution in [0.3, 0.4) is 0 Å². The quantitative estimate of drug-likeness (QED) is 0.794. The van der Waals surface area contributed by atoms with E-state index in [1.165, 1.54) is 0 Å². The summed E-state index contributed by atoms with van der Waals surface area (Å²) in [4.78, 5) is 26.7. The monoisotopic (exact) mass is 271 g/mol. The van der Waals surface area contributed by atoms with E-state index in [4.69, 9.17) is 5.11 Å². The van der Waals surface area contributed by atoms with Crippen molar-refractivity contribution in [1.82, 2.24) is 15.1 Å². The van der Waals surface area contributed by atoms with E-state index in [0.29, 0.717) is 31.7 Å². The van der Waals surface area contributed by atoms with Crippen molar-refractivity contribution in [3.8, 4) is 0 Å². The van der Waals surface area contributed by atoms with Gasteiger partial charge in [-0.25, -0.2) is 4.79 Å². The van der Waals surface area contributed by atoms with Gasteiger partial charge in [0, 0.05) is 38.1 Å². The number of carboxylic acids is 1. The molecule has 0 aliphatic carbocycles. The zero-order chi connectivity index (χ0) is 14.6. The molecule has 1 aliphatic heterocycles. The molecule has 3 unspecified atom stereocenters. The van der Waals surface area contributed by atoms with Crippen LogP contribution in [-0.4, -0.2) is 65.7 Å². The lowest BCUT2D eigenvalue weighted by Crippen LogP contribution is -2.58. The van der Waals surface area contributed by atoms with Gasteiger partial charge in [0.1, 0.15) is 0 Å². The van der Waals surface area contributed by atoms with E-state index >= 15 is 0 Å². The van der Waals surface area contributed by atoms with E-state index < -0.39 is 5.97 Å². The Morgan fingerprint density at radius 1 is 1.32 bits per heavy atom. The Labute approximate surface area is 114 Å². The number of urea groups is 1. The van der Waals surface area contributed by atoms with Crippen molar-refractivity contribution in [2.45, 2.75) is 39.3 Å². The highest BCUT2D eigenvalue weighted by Crippen LogP contribution is 2.13. The third-order valence-corrected chi connectivity index (χ3v) is 3.77. The summed E-state index contributed by atoms with van der Waals surface area (Å²) in [6.07, 6.45) is 0.0792. The van der Waals surface area contributed by atoms with Gasteiger partial charge >= 0.3 is 12.0 Å². The van der Waals surface area contributed by atoms with Crippen LogP contribution in [0.25, 0.3) is 0 Å². The summed E-state index contributed by atoms with van der Waals surface area (Å²) in [7, 11) is 2.07. The molecule has 1 fully saturated rings. The van der Waals surface area contributed by atoms with Crippen LogP contribution in [0.5, 0.6) is 0 Å². The molecule has 2 amide bonds. The number of hydrogen-bond acceptors (Lipinski definition) is 3. The fraction of sp³-hybridized carbons (Fsp3) is 0.846. The molecule has 0 bridgehead atoms. The van der Waals surface area contributed by atoms with Gasteiger partial charge in [-0.3, -0.25) is 9.69 Å².